The lowest BCUT2D eigenvalue weighted by Gasteiger charge is -2.05. The molecule has 2 heterocycles. The number of H-pyrrole nitrogens is 1. The van der Waals surface area contributed by atoms with Crippen LogP contribution in [0.2, 0.25) is 0 Å². The van der Waals surface area contributed by atoms with Crippen LogP contribution in [0.3, 0.4) is 0 Å². The van der Waals surface area contributed by atoms with Crippen molar-refractivity contribution in [1.29, 1.82) is 0 Å². The molecule has 0 aliphatic rings. The normalized spacial score (nSPS) is 10.5. The van der Waals surface area contributed by atoms with Gasteiger partial charge in [0.2, 0.25) is 0 Å². The van der Waals surface area contributed by atoms with E-state index in [-0.39, 0.29) is 23.1 Å². The third kappa shape index (κ3) is 2.79. The topological polar surface area (TPSA) is 84.9 Å². The number of carbonyl (C=O) groups excluding carboxylic acids is 1. The summed E-state index contributed by atoms with van der Waals surface area (Å²) >= 11 is 0. The Morgan fingerprint density at radius 1 is 1.19 bits per heavy atom. The number of rotatable bonds is 3. The molecule has 6 heteroatoms. The van der Waals surface area contributed by atoms with Gasteiger partial charge in [0.05, 0.1) is 17.3 Å². The number of nitrogens with zero attached hydrogens (tertiary/aromatic N) is 2. The Labute approximate surface area is 119 Å². The van der Waals surface area contributed by atoms with Crippen molar-refractivity contribution in [2.45, 2.75) is 6.61 Å². The Morgan fingerprint density at radius 3 is 2.81 bits per heavy atom. The maximum absolute atomic E-state index is 12.0. The van der Waals surface area contributed by atoms with Gasteiger partial charge in [0.25, 0.3) is 5.56 Å². The minimum absolute atomic E-state index is 0.168. The largest absolute Gasteiger partial charge is 0.457 e. The van der Waals surface area contributed by atoms with E-state index >= 15 is 0 Å². The molecule has 0 radical (unpaired) electrons. The van der Waals surface area contributed by atoms with Crippen molar-refractivity contribution in [3.05, 3.63) is 70.4 Å². The second-order valence-electron chi connectivity index (χ2n) is 4.39. The predicted molar refractivity (Wildman–Crippen MR) is 75.7 cm³/mol. The number of carbonyl (C=O) groups is 1. The predicted octanol–water partition coefficient (Wildman–Crippen LogP) is 1.68. The Hall–Kier alpha value is -3.02. The van der Waals surface area contributed by atoms with Gasteiger partial charge in [-0.25, -0.2) is 14.8 Å². The molecule has 1 N–H and O–H groups in total. The van der Waals surface area contributed by atoms with Crippen LogP contribution >= 0.6 is 0 Å². The zero-order chi connectivity index (χ0) is 14.7. The summed E-state index contributed by atoms with van der Waals surface area (Å²) in [5, 5.41) is 0.256. The third-order valence-corrected chi connectivity index (χ3v) is 2.94. The maximum atomic E-state index is 12.0. The highest BCUT2D eigenvalue weighted by Gasteiger charge is 2.11. The van der Waals surface area contributed by atoms with Gasteiger partial charge in [-0.1, -0.05) is 30.3 Å². The lowest BCUT2D eigenvalue weighted by molar-refractivity contribution is 0.0472. The highest BCUT2D eigenvalue weighted by molar-refractivity contribution is 5.92. The van der Waals surface area contributed by atoms with E-state index < -0.39 is 5.97 Å². The summed E-state index contributed by atoms with van der Waals surface area (Å²) in [6.45, 7) is 0.168. The van der Waals surface area contributed by atoms with E-state index in [1.54, 1.807) is 0 Å². The van der Waals surface area contributed by atoms with Crippen molar-refractivity contribution in [1.82, 2.24) is 15.0 Å². The summed E-state index contributed by atoms with van der Waals surface area (Å²) in [5.41, 5.74) is 1.06. The summed E-state index contributed by atoms with van der Waals surface area (Å²) in [4.78, 5) is 34.0. The highest BCUT2D eigenvalue weighted by Crippen LogP contribution is 2.09. The SMILES string of the molecule is O=C(OCc1ccccc1)c1cnc2nc[nH]c(=O)c2c1. The van der Waals surface area contributed by atoms with E-state index in [1.165, 1.54) is 18.6 Å². The van der Waals surface area contributed by atoms with Crippen LogP contribution in [0.4, 0.5) is 0 Å². The van der Waals surface area contributed by atoms with Gasteiger partial charge in [-0.05, 0) is 11.6 Å². The summed E-state index contributed by atoms with van der Waals surface area (Å²) in [7, 11) is 0. The molecule has 21 heavy (non-hydrogen) atoms. The first-order valence-electron chi connectivity index (χ1n) is 6.28. The molecule has 0 aliphatic heterocycles. The molecular formula is C15H11N3O3. The number of hydrogen-bond donors (Lipinski definition) is 1. The zero-order valence-corrected chi connectivity index (χ0v) is 10.9. The first kappa shape index (κ1) is 13.0. The molecule has 0 amide bonds. The maximum Gasteiger partial charge on any atom is 0.340 e. The number of aromatic amines is 1. The molecule has 6 nitrogen and oxygen atoms in total. The summed E-state index contributed by atoms with van der Waals surface area (Å²) in [6, 6.07) is 10.8. The molecule has 104 valence electrons. The summed E-state index contributed by atoms with van der Waals surface area (Å²) in [5.74, 6) is -0.531. The number of pyridine rings is 1. The van der Waals surface area contributed by atoms with Gasteiger partial charge in [-0.3, -0.25) is 4.79 Å². The second kappa shape index (κ2) is 5.54. The quantitative estimate of drug-likeness (QED) is 0.738. The van der Waals surface area contributed by atoms with Crippen LogP contribution in [-0.2, 0) is 11.3 Å². The van der Waals surface area contributed by atoms with Crippen molar-refractivity contribution in [3.63, 3.8) is 0 Å². The highest BCUT2D eigenvalue weighted by atomic mass is 16.5. The average molecular weight is 281 g/mol. The summed E-state index contributed by atoms with van der Waals surface area (Å²) < 4.78 is 5.19. The number of nitrogens with one attached hydrogen (secondary N) is 1. The van der Waals surface area contributed by atoms with Crippen molar-refractivity contribution in [3.8, 4) is 0 Å². The zero-order valence-electron chi connectivity index (χ0n) is 10.9. The Bertz CT molecular complexity index is 843. The number of aromatic nitrogens is 3. The Balaban J connectivity index is 1.82. The fraction of sp³-hybridized carbons (Fsp3) is 0.0667. The number of esters is 1. The van der Waals surface area contributed by atoms with Gasteiger partial charge in [-0.15, -0.1) is 0 Å². The monoisotopic (exact) mass is 281 g/mol. The van der Waals surface area contributed by atoms with Crippen molar-refractivity contribution in [2.75, 3.05) is 0 Å². The van der Waals surface area contributed by atoms with Gasteiger partial charge < -0.3 is 9.72 Å². The lowest BCUT2D eigenvalue weighted by atomic mass is 10.2. The summed E-state index contributed by atoms with van der Waals surface area (Å²) in [6.07, 6.45) is 2.62. The van der Waals surface area contributed by atoms with Crippen LogP contribution in [0.1, 0.15) is 15.9 Å². The van der Waals surface area contributed by atoms with Gasteiger partial charge in [0.1, 0.15) is 6.61 Å². The number of benzene rings is 1. The van der Waals surface area contributed by atoms with E-state index in [0.717, 1.165) is 5.56 Å². The van der Waals surface area contributed by atoms with E-state index in [9.17, 15) is 9.59 Å². The first-order chi connectivity index (χ1) is 10.2. The van der Waals surface area contributed by atoms with Crippen LogP contribution in [-0.4, -0.2) is 20.9 Å². The molecule has 0 saturated heterocycles. The molecule has 3 rings (SSSR count). The van der Waals surface area contributed by atoms with Gasteiger partial charge in [0, 0.05) is 6.20 Å². The van der Waals surface area contributed by atoms with Crippen LogP contribution in [0.25, 0.3) is 11.0 Å². The molecule has 3 aromatic rings. The Morgan fingerprint density at radius 2 is 2.00 bits per heavy atom. The molecule has 0 saturated carbocycles. The van der Waals surface area contributed by atoms with E-state index in [0.29, 0.717) is 5.65 Å². The van der Waals surface area contributed by atoms with E-state index in [1.807, 2.05) is 30.3 Å². The van der Waals surface area contributed by atoms with Gasteiger partial charge in [-0.2, -0.15) is 0 Å². The van der Waals surface area contributed by atoms with Gasteiger partial charge >= 0.3 is 5.97 Å². The average Bonchev–Trinajstić information content (AvgIpc) is 2.54. The molecule has 1 aromatic carbocycles. The molecule has 0 fully saturated rings. The van der Waals surface area contributed by atoms with Crippen molar-refractivity contribution >= 4 is 17.0 Å². The van der Waals surface area contributed by atoms with Crippen LogP contribution in [0.15, 0.2) is 53.7 Å². The molecule has 0 spiro atoms. The molecule has 0 bridgehead atoms. The fourth-order valence-corrected chi connectivity index (χ4v) is 1.88. The third-order valence-electron chi connectivity index (χ3n) is 2.94. The lowest BCUT2D eigenvalue weighted by Crippen LogP contribution is -2.10. The smallest absolute Gasteiger partial charge is 0.340 e. The number of ether oxygens (including phenoxy) is 1. The van der Waals surface area contributed by atoms with Crippen molar-refractivity contribution < 1.29 is 9.53 Å². The van der Waals surface area contributed by atoms with Crippen LogP contribution in [0.5, 0.6) is 0 Å². The van der Waals surface area contributed by atoms with E-state index in [4.69, 9.17) is 4.74 Å². The number of hydrogen-bond acceptors (Lipinski definition) is 5. The minimum Gasteiger partial charge on any atom is -0.457 e. The molecule has 2 aromatic heterocycles. The molecular weight excluding hydrogens is 270 g/mol. The second-order valence-corrected chi connectivity index (χ2v) is 4.39. The fourth-order valence-electron chi connectivity index (χ4n) is 1.88. The molecule has 0 atom stereocenters. The molecule has 0 aliphatic carbocycles. The first-order valence-corrected chi connectivity index (χ1v) is 6.28. The van der Waals surface area contributed by atoms with Crippen molar-refractivity contribution in [2.24, 2.45) is 0 Å². The minimum atomic E-state index is -0.531. The standard InChI is InChI=1S/C15H11N3O3/c19-14-12-6-11(7-16-13(12)17-9-18-14)15(20)21-8-10-4-2-1-3-5-10/h1-7,9H,8H2,(H,16,17,18,19). The van der Waals surface area contributed by atoms with Gasteiger partial charge in [0.15, 0.2) is 5.65 Å². The van der Waals surface area contributed by atoms with Crippen LogP contribution < -0.4 is 5.56 Å². The molecule has 0 unspecified atom stereocenters. The Kier molecular flexibility index (Phi) is 3.42. The van der Waals surface area contributed by atoms with Crippen LogP contribution in [0, 0.1) is 0 Å². The van der Waals surface area contributed by atoms with E-state index in [2.05, 4.69) is 15.0 Å². The number of fused-ring (bicyclic) bond motifs is 1.